The van der Waals surface area contributed by atoms with Crippen LogP contribution in [0.25, 0.3) is 0 Å². The molecule has 11 nitrogen and oxygen atoms in total. The third kappa shape index (κ3) is 7.94. The van der Waals surface area contributed by atoms with Crippen molar-refractivity contribution in [1.82, 2.24) is 10.2 Å². The lowest BCUT2D eigenvalue weighted by Crippen LogP contribution is -2.52. The lowest BCUT2D eigenvalue weighted by Gasteiger charge is -2.34. The van der Waals surface area contributed by atoms with Crippen LogP contribution in [0.15, 0.2) is 42.5 Å². The highest BCUT2D eigenvalue weighted by Gasteiger charge is 2.38. The molecule has 1 aliphatic rings. The van der Waals surface area contributed by atoms with E-state index in [1.54, 1.807) is 30.3 Å². The van der Waals surface area contributed by atoms with E-state index in [0.717, 1.165) is 11.1 Å². The fourth-order valence-electron chi connectivity index (χ4n) is 3.49. The Bertz CT molecular complexity index is 1220. The SMILES string of the molecule is CNC(=O)C(CC(=O)O)N1CCc2cc(OCc3ccc(C(=N)N)cc3)ccc2C1=O.O=C(O)C(F)(F)F. The van der Waals surface area contributed by atoms with E-state index in [0.29, 0.717) is 29.9 Å². The number of nitrogen functional groups attached to an aromatic ring is 1. The Morgan fingerprint density at radius 1 is 1.16 bits per heavy atom. The number of hydrogen-bond acceptors (Lipinski definition) is 6. The molecule has 1 aliphatic heterocycles. The van der Waals surface area contributed by atoms with Crippen LogP contribution in [0.5, 0.6) is 5.75 Å². The number of carbonyl (C=O) groups excluding carboxylic acids is 2. The topological polar surface area (TPSA) is 183 Å². The number of halogens is 3. The second kappa shape index (κ2) is 12.6. The Kier molecular flexibility index (Phi) is 9.79. The monoisotopic (exact) mass is 538 g/mol. The molecule has 2 aromatic carbocycles. The molecule has 0 aliphatic carbocycles. The number of alkyl halides is 3. The molecular formula is C24H25F3N4O7. The highest BCUT2D eigenvalue weighted by Crippen LogP contribution is 2.26. The van der Waals surface area contributed by atoms with Crippen molar-refractivity contribution in [2.24, 2.45) is 5.73 Å². The predicted molar refractivity (Wildman–Crippen MR) is 127 cm³/mol. The lowest BCUT2D eigenvalue weighted by atomic mass is 9.96. The molecule has 1 unspecified atom stereocenters. The number of nitrogens with two attached hydrogens (primary N) is 1. The number of nitrogens with one attached hydrogen (secondary N) is 2. The van der Waals surface area contributed by atoms with Crippen molar-refractivity contribution in [2.45, 2.75) is 31.7 Å². The van der Waals surface area contributed by atoms with Gasteiger partial charge in [0.1, 0.15) is 24.2 Å². The van der Waals surface area contributed by atoms with E-state index < -0.39 is 36.5 Å². The summed E-state index contributed by atoms with van der Waals surface area (Å²) in [6.45, 7) is 0.557. The van der Waals surface area contributed by atoms with Gasteiger partial charge in [-0.25, -0.2) is 4.79 Å². The average molecular weight is 538 g/mol. The van der Waals surface area contributed by atoms with Crippen molar-refractivity contribution >= 4 is 29.6 Å². The molecule has 0 aromatic heterocycles. The molecular weight excluding hydrogens is 513 g/mol. The quantitative estimate of drug-likeness (QED) is 0.249. The number of amidine groups is 1. The number of carboxylic acids is 2. The van der Waals surface area contributed by atoms with Crippen LogP contribution in [0.1, 0.15) is 33.5 Å². The maximum Gasteiger partial charge on any atom is 0.490 e. The van der Waals surface area contributed by atoms with E-state index in [1.807, 2.05) is 12.1 Å². The number of carbonyl (C=O) groups is 4. The van der Waals surface area contributed by atoms with E-state index in [4.69, 9.17) is 30.9 Å². The molecule has 38 heavy (non-hydrogen) atoms. The first-order chi connectivity index (χ1) is 17.7. The number of benzene rings is 2. The Hall–Kier alpha value is -4.62. The van der Waals surface area contributed by atoms with E-state index in [-0.39, 0.29) is 18.3 Å². The predicted octanol–water partition coefficient (Wildman–Crippen LogP) is 1.77. The molecule has 0 saturated carbocycles. The number of likely N-dealkylation sites (N-methyl/N-ethyl adjacent to an activating group) is 1. The number of fused-ring (bicyclic) bond motifs is 1. The normalized spacial score (nSPS) is 13.4. The number of carboxylic acid groups (broad SMARTS) is 2. The van der Waals surface area contributed by atoms with Crippen molar-refractivity contribution < 1.29 is 47.3 Å². The second-order valence-electron chi connectivity index (χ2n) is 8.00. The molecule has 14 heteroatoms. The lowest BCUT2D eigenvalue weighted by molar-refractivity contribution is -0.192. The third-order valence-electron chi connectivity index (χ3n) is 5.40. The summed E-state index contributed by atoms with van der Waals surface area (Å²) in [5, 5.41) is 26.1. The Morgan fingerprint density at radius 3 is 2.26 bits per heavy atom. The smallest absolute Gasteiger partial charge is 0.489 e. The van der Waals surface area contributed by atoms with E-state index in [9.17, 15) is 27.6 Å². The van der Waals surface area contributed by atoms with Gasteiger partial charge in [0.25, 0.3) is 5.91 Å². The number of rotatable bonds is 8. The maximum absolute atomic E-state index is 12.9. The summed E-state index contributed by atoms with van der Waals surface area (Å²) in [6.07, 6.45) is -5.05. The number of ether oxygens (including phenoxy) is 1. The van der Waals surface area contributed by atoms with Crippen molar-refractivity contribution in [1.29, 1.82) is 5.41 Å². The molecule has 1 atom stereocenters. The van der Waals surface area contributed by atoms with Crippen LogP contribution in [0.2, 0.25) is 0 Å². The summed E-state index contributed by atoms with van der Waals surface area (Å²) in [5.41, 5.74) is 8.22. The first kappa shape index (κ1) is 29.6. The Labute approximate surface area is 214 Å². The van der Waals surface area contributed by atoms with Gasteiger partial charge in [-0.1, -0.05) is 24.3 Å². The van der Waals surface area contributed by atoms with Gasteiger partial charge in [0, 0.05) is 24.7 Å². The average Bonchev–Trinajstić information content (AvgIpc) is 2.86. The zero-order valence-electron chi connectivity index (χ0n) is 20.0. The molecule has 2 aromatic rings. The largest absolute Gasteiger partial charge is 0.490 e. The van der Waals surface area contributed by atoms with Crippen molar-refractivity contribution in [3.8, 4) is 5.75 Å². The molecule has 0 radical (unpaired) electrons. The summed E-state index contributed by atoms with van der Waals surface area (Å²) in [7, 11) is 1.41. The summed E-state index contributed by atoms with van der Waals surface area (Å²) >= 11 is 0. The van der Waals surface area contributed by atoms with Gasteiger partial charge in [-0.05, 0) is 35.7 Å². The third-order valence-corrected chi connectivity index (χ3v) is 5.40. The zero-order valence-corrected chi connectivity index (χ0v) is 20.0. The van der Waals surface area contributed by atoms with Gasteiger partial charge >= 0.3 is 18.1 Å². The minimum atomic E-state index is -5.08. The summed E-state index contributed by atoms with van der Waals surface area (Å²) in [5.74, 6) is -4.18. The number of hydrogen-bond donors (Lipinski definition) is 5. The van der Waals surface area contributed by atoms with Crippen molar-refractivity contribution in [2.75, 3.05) is 13.6 Å². The summed E-state index contributed by atoms with van der Waals surface area (Å²) in [4.78, 5) is 46.4. The van der Waals surface area contributed by atoms with Gasteiger partial charge in [-0.3, -0.25) is 19.8 Å². The van der Waals surface area contributed by atoms with Crippen molar-refractivity contribution in [3.05, 3.63) is 64.7 Å². The van der Waals surface area contributed by atoms with Gasteiger partial charge in [-0.2, -0.15) is 13.2 Å². The first-order valence-corrected chi connectivity index (χ1v) is 11.0. The summed E-state index contributed by atoms with van der Waals surface area (Å²) in [6, 6.07) is 11.2. The first-order valence-electron chi connectivity index (χ1n) is 11.0. The van der Waals surface area contributed by atoms with Crippen LogP contribution in [0.3, 0.4) is 0 Å². The Balaban J connectivity index is 0.000000638. The fraction of sp³-hybridized carbons (Fsp3) is 0.292. The van der Waals surface area contributed by atoms with Gasteiger partial charge < -0.3 is 30.9 Å². The van der Waals surface area contributed by atoms with E-state index in [2.05, 4.69) is 5.32 Å². The number of amides is 2. The molecule has 204 valence electrons. The van der Waals surface area contributed by atoms with E-state index >= 15 is 0 Å². The van der Waals surface area contributed by atoms with Crippen molar-refractivity contribution in [3.63, 3.8) is 0 Å². The zero-order chi connectivity index (χ0) is 28.6. The minimum absolute atomic E-state index is 0.00267. The molecule has 3 rings (SSSR count). The minimum Gasteiger partial charge on any atom is -0.489 e. The maximum atomic E-state index is 12.9. The van der Waals surface area contributed by atoms with Crippen LogP contribution in [0, 0.1) is 5.41 Å². The van der Waals surface area contributed by atoms with Gasteiger partial charge in [0.05, 0.1) is 6.42 Å². The summed E-state index contributed by atoms with van der Waals surface area (Å²) < 4.78 is 37.6. The standard InChI is InChI=1S/C22H24N4O5.C2HF3O2/c1-25-21(29)18(11-19(27)28)26-9-8-15-10-16(6-7-17(15)22(26)30)31-12-13-2-4-14(5-3-13)20(23)24;3-2(4,5)1(6)7/h2-7,10,18H,8-9,11-12H2,1H3,(H3,23,24)(H,25,29)(H,27,28);(H,6,7). The second-order valence-corrected chi connectivity index (χ2v) is 8.00. The number of aliphatic carboxylic acids is 2. The molecule has 0 bridgehead atoms. The van der Waals surface area contributed by atoms with Gasteiger partial charge in [0.15, 0.2) is 0 Å². The molecule has 2 amide bonds. The van der Waals surface area contributed by atoms with Crippen LogP contribution in [0.4, 0.5) is 13.2 Å². The Morgan fingerprint density at radius 2 is 1.76 bits per heavy atom. The van der Waals surface area contributed by atoms with Gasteiger partial charge in [-0.15, -0.1) is 0 Å². The highest BCUT2D eigenvalue weighted by atomic mass is 19.4. The highest BCUT2D eigenvalue weighted by molar-refractivity contribution is 6.00. The van der Waals surface area contributed by atoms with E-state index in [1.165, 1.54) is 11.9 Å². The molecule has 1 heterocycles. The molecule has 0 fully saturated rings. The number of nitrogens with zero attached hydrogens (tertiary/aromatic N) is 1. The molecule has 6 N–H and O–H groups in total. The molecule has 0 saturated heterocycles. The van der Waals surface area contributed by atoms with Crippen LogP contribution in [-0.2, 0) is 27.4 Å². The van der Waals surface area contributed by atoms with Gasteiger partial charge in [0.2, 0.25) is 5.91 Å². The van der Waals surface area contributed by atoms with Crippen LogP contribution in [-0.4, -0.2) is 70.5 Å². The fourth-order valence-corrected chi connectivity index (χ4v) is 3.49. The van der Waals surface area contributed by atoms with Crippen LogP contribution >= 0.6 is 0 Å². The van der Waals surface area contributed by atoms with Crippen LogP contribution < -0.4 is 15.8 Å². The molecule has 0 spiro atoms.